The van der Waals surface area contributed by atoms with Crippen molar-refractivity contribution in [2.75, 3.05) is 6.54 Å². The highest BCUT2D eigenvalue weighted by molar-refractivity contribution is 7.09. The normalized spacial score (nSPS) is 12.1. The Morgan fingerprint density at radius 3 is 3.00 bits per heavy atom. The predicted octanol–water partition coefficient (Wildman–Crippen LogP) is 2.00. The van der Waals surface area contributed by atoms with Crippen LogP contribution in [-0.2, 0) is 11.3 Å². The highest BCUT2D eigenvalue weighted by Gasteiger charge is 2.18. The van der Waals surface area contributed by atoms with E-state index in [1.54, 1.807) is 22.3 Å². The van der Waals surface area contributed by atoms with Crippen LogP contribution in [0.25, 0.3) is 0 Å². The zero-order chi connectivity index (χ0) is 12.0. The Morgan fingerprint density at radius 1 is 1.75 bits per heavy atom. The second kappa shape index (κ2) is 6.45. The molecule has 4 heteroatoms. The second-order valence-corrected chi connectivity index (χ2v) is 4.59. The van der Waals surface area contributed by atoms with E-state index in [0.29, 0.717) is 19.5 Å². The standard InChI is InChI=1S/C12H18N2OS/c1-3-6-11(13)12(15)14(4-2)9-10-7-5-8-16-10/h3,5,7-8,11H,1,4,6,9,13H2,2H3. The number of carbonyl (C=O) groups excluding carboxylic acids is 1. The molecule has 0 aliphatic carbocycles. The van der Waals surface area contributed by atoms with Gasteiger partial charge >= 0.3 is 0 Å². The summed E-state index contributed by atoms with van der Waals surface area (Å²) in [4.78, 5) is 14.9. The summed E-state index contributed by atoms with van der Waals surface area (Å²) in [5, 5.41) is 2.01. The Morgan fingerprint density at radius 2 is 2.50 bits per heavy atom. The minimum absolute atomic E-state index is 0.00389. The van der Waals surface area contributed by atoms with Gasteiger partial charge in [-0.3, -0.25) is 4.79 Å². The van der Waals surface area contributed by atoms with Gasteiger partial charge in [-0.05, 0) is 24.8 Å². The molecule has 1 rings (SSSR count). The Balaban J connectivity index is 2.59. The molecular weight excluding hydrogens is 220 g/mol. The molecule has 1 unspecified atom stereocenters. The third-order valence-electron chi connectivity index (χ3n) is 2.36. The first-order valence-electron chi connectivity index (χ1n) is 5.36. The SMILES string of the molecule is C=CCC(N)C(=O)N(CC)Cc1cccs1. The van der Waals surface area contributed by atoms with Gasteiger partial charge in [0.1, 0.15) is 0 Å². The molecular formula is C12H18N2OS. The van der Waals surface area contributed by atoms with Crippen molar-refractivity contribution in [2.45, 2.75) is 25.9 Å². The van der Waals surface area contributed by atoms with Crippen LogP contribution in [0.15, 0.2) is 30.2 Å². The van der Waals surface area contributed by atoms with Crippen LogP contribution < -0.4 is 5.73 Å². The van der Waals surface area contributed by atoms with Gasteiger partial charge in [0.05, 0.1) is 12.6 Å². The molecule has 1 amide bonds. The Kier molecular flexibility index (Phi) is 5.22. The summed E-state index contributed by atoms with van der Waals surface area (Å²) in [5.74, 6) is -0.00389. The van der Waals surface area contributed by atoms with Gasteiger partial charge in [0.25, 0.3) is 0 Å². The van der Waals surface area contributed by atoms with E-state index in [2.05, 4.69) is 6.58 Å². The summed E-state index contributed by atoms with van der Waals surface area (Å²) in [6, 6.07) is 3.55. The number of hydrogen-bond donors (Lipinski definition) is 1. The van der Waals surface area contributed by atoms with Crippen LogP contribution in [0.4, 0.5) is 0 Å². The van der Waals surface area contributed by atoms with Gasteiger partial charge in [0.15, 0.2) is 0 Å². The first-order valence-corrected chi connectivity index (χ1v) is 6.24. The van der Waals surface area contributed by atoms with Crippen molar-refractivity contribution in [3.63, 3.8) is 0 Å². The fourth-order valence-corrected chi connectivity index (χ4v) is 2.17. The Bertz CT molecular complexity index is 335. The summed E-state index contributed by atoms with van der Waals surface area (Å²) in [6.07, 6.45) is 2.21. The number of hydrogen-bond acceptors (Lipinski definition) is 3. The molecule has 0 radical (unpaired) electrons. The molecule has 0 fully saturated rings. The molecule has 0 saturated carbocycles. The number of nitrogens with two attached hydrogens (primary N) is 1. The molecule has 1 atom stereocenters. The highest BCUT2D eigenvalue weighted by Crippen LogP contribution is 2.12. The van der Waals surface area contributed by atoms with Gasteiger partial charge in [-0.2, -0.15) is 0 Å². The van der Waals surface area contributed by atoms with Crippen LogP contribution >= 0.6 is 11.3 Å². The fraction of sp³-hybridized carbons (Fsp3) is 0.417. The average molecular weight is 238 g/mol. The molecule has 3 nitrogen and oxygen atoms in total. The van der Waals surface area contributed by atoms with E-state index in [1.807, 2.05) is 24.4 Å². The van der Waals surface area contributed by atoms with Gasteiger partial charge in [0, 0.05) is 11.4 Å². The number of carbonyl (C=O) groups is 1. The number of amides is 1. The van der Waals surface area contributed by atoms with E-state index in [1.165, 1.54) is 4.88 Å². The lowest BCUT2D eigenvalue weighted by Crippen LogP contribution is -2.42. The molecule has 88 valence electrons. The summed E-state index contributed by atoms with van der Waals surface area (Å²) in [7, 11) is 0. The number of likely N-dealkylation sites (N-methyl/N-ethyl adjacent to an activating group) is 1. The molecule has 0 aromatic carbocycles. The first kappa shape index (κ1) is 12.9. The average Bonchev–Trinajstić information content (AvgIpc) is 2.78. The summed E-state index contributed by atoms with van der Waals surface area (Å²) < 4.78 is 0. The minimum atomic E-state index is -0.461. The van der Waals surface area contributed by atoms with Crippen LogP contribution in [0.5, 0.6) is 0 Å². The summed E-state index contributed by atoms with van der Waals surface area (Å²) >= 11 is 1.65. The molecule has 0 bridgehead atoms. The van der Waals surface area contributed by atoms with Crippen molar-refractivity contribution < 1.29 is 4.79 Å². The highest BCUT2D eigenvalue weighted by atomic mass is 32.1. The quantitative estimate of drug-likeness (QED) is 0.770. The molecule has 0 aliphatic rings. The number of nitrogens with zero attached hydrogens (tertiary/aromatic N) is 1. The second-order valence-electron chi connectivity index (χ2n) is 3.56. The molecule has 0 saturated heterocycles. The van der Waals surface area contributed by atoms with Crippen LogP contribution in [-0.4, -0.2) is 23.4 Å². The zero-order valence-corrected chi connectivity index (χ0v) is 10.4. The number of rotatable bonds is 6. The van der Waals surface area contributed by atoms with Gasteiger partial charge in [0.2, 0.25) is 5.91 Å². The fourth-order valence-electron chi connectivity index (χ4n) is 1.45. The minimum Gasteiger partial charge on any atom is -0.336 e. The molecule has 1 aromatic heterocycles. The van der Waals surface area contributed by atoms with Crippen molar-refractivity contribution in [1.82, 2.24) is 4.90 Å². The van der Waals surface area contributed by atoms with E-state index >= 15 is 0 Å². The largest absolute Gasteiger partial charge is 0.336 e. The van der Waals surface area contributed by atoms with E-state index < -0.39 is 6.04 Å². The Hall–Kier alpha value is -1.13. The monoisotopic (exact) mass is 238 g/mol. The Labute approximate surface area is 101 Å². The lowest BCUT2D eigenvalue weighted by molar-refractivity contribution is -0.132. The maximum absolute atomic E-state index is 11.9. The maximum atomic E-state index is 11.9. The third-order valence-corrected chi connectivity index (χ3v) is 3.22. The van der Waals surface area contributed by atoms with Gasteiger partial charge in [-0.1, -0.05) is 12.1 Å². The molecule has 0 aliphatic heterocycles. The molecule has 1 heterocycles. The lowest BCUT2D eigenvalue weighted by atomic mass is 10.2. The van der Waals surface area contributed by atoms with E-state index in [9.17, 15) is 4.79 Å². The van der Waals surface area contributed by atoms with E-state index in [4.69, 9.17) is 5.73 Å². The molecule has 2 N–H and O–H groups in total. The summed E-state index contributed by atoms with van der Waals surface area (Å²) in [6.45, 7) is 6.89. The predicted molar refractivity (Wildman–Crippen MR) is 68.2 cm³/mol. The topological polar surface area (TPSA) is 46.3 Å². The molecule has 16 heavy (non-hydrogen) atoms. The van der Waals surface area contributed by atoms with Crippen LogP contribution in [0, 0.1) is 0 Å². The molecule has 0 spiro atoms. The van der Waals surface area contributed by atoms with Crippen molar-refractivity contribution in [3.8, 4) is 0 Å². The van der Waals surface area contributed by atoms with Crippen LogP contribution in [0.3, 0.4) is 0 Å². The van der Waals surface area contributed by atoms with Gasteiger partial charge in [-0.15, -0.1) is 17.9 Å². The van der Waals surface area contributed by atoms with Gasteiger partial charge < -0.3 is 10.6 Å². The lowest BCUT2D eigenvalue weighted by Gasteiger charge is -2.23. The van der Waals surface area contributed by atoms with Crippen molar-refractivity contribution in [3.05, 3.63) is 35.0 Å². The maximum Gasteiger partial charge on any atom is 0.240 e. The summed E-state index contributed by atoms with van der Waals surface area (Å²) in [5.41, 5.74) is 5.77. The third kappa shape index (κ3) is 3.47. The van der Waals surface area contributed by atoms with Crippen molar-refractivity contribution in [2.24, 2.45) is 5.73 Å². The van der Waals surface area contributed by atoms with Gasteiger partial charge in [-0.25, -0.2) is 0 Å². The zero-order valence-electron chi connectivity index (χ0n) is 9.56. The first-order chi connectivity index (χ1) is 7.69. The van der Waals surface area contributed by atoms with Crippen LogP contribution in [0.2, 0.25) is 0 Å². The van der Waals surface area contributed by atoms with Crippen molar-refractivity contribution in [1.29, 1.82) is 0 Å². The van der Waals surface area contributed by atoms with Crippen molar-refractivity contribution >= 4 is 17.2 Å². The smallest absolute Gasteiger partial charge is 0.240 e. The van der Waals surface area contributed by atoms with E-state index in [0.717, 1.165) is 0 Å². The number of thiophene rings is 1. The molecule has 1 aromatic rings. The van der Waals surface area contributed by atoms with E-state index in [-0.39, 0.29) is 5.91 Å². The van der Waals surface area contributed by atoms with Crippen LogP contribution in [0.1, 0.15) is 18.2 Å².